The minimum absolute atomic E-state index is 0.0518. The number of hydrogen-bond acceptors (Lipinski definition) is 2. The highest BCUT2D eigenvalue weighted by Gasteiger charge is 2.39. The van der Waals surface area contributed by atoms with Crippen LogP contribution in [0.25, 0.3) is 11.0 Å². The van der Waals surface area contributed by atoms with Crippen LogP contribution in [0.2, 0.25) is 0 Å². The van der Waals surface area contributed by atoms with Gasteiger partial charge in [0.2, 0.25) is 0 Å². The molecule has 0 spiro atoms. The van der Waals surface area contributed by atoms with Crippen LogP contribution in [0.3, 0.4) is 0 Å². The molecular formula is C16H22F3N3. The highest BCUT2D eigenvalue weighted by atomic mass is 19.4. The van der Waals surface area contributed by atoms with Crippen LogP contribution in [0.1, 0.15) is 58.5 Å². The second-order valence-electron chi connectivity index (χ2n) is 7.73. The van der Waals surface area contributed by atoms with Gasteiger partial charge >= 0.3 is 6.18 Å². The molecule has 2 aromatic rings. The normalized spacial score (nSPS) is 13.9. The molecule has 0 saturated carbocycles. The smallest absolute Gasteiger partial charge is 0.250 e. The molecule has 0 amide bonds. The van der Waals surface area contributed by atoms with Crippen LogP contribution >= 0.6 is 0 Å². The summed E-state index contributed by atoms with van der Waals surface area (Å²) in [5.41, 5.74) is -0.563. The van der Waals surface area contributed by atoms with Gasteiger partial charge in [0, 0.05) is 23.3 Å². The average molecular weight is 313 g/mol. The van der Waals surface area contributed by atoms with Gasteiger partial charge in [-0.05, 0) is 6.07 Å². The molecule has 3 nitrogen and oxygen atoms in total. The molecule has 0 radical (unpaired) electrons. The lowest BCUT2D eigenvalue weighted by Gasteiger charge is -2.23. The van der Waals surface area contributed by atoms with Crippen molar-refractivity contribution in [2.45, 2.75) is 58.5 Å². The molecule has 2 heterocycles. The number of fused-ring (bicyclic) bond motifs is 1. The van der Waals surface area contributed by atoms with E-state index in [4.69, 9.17) is 0 Å². The summed E-state index contributed by atoms with van der Waals surface area (Å²) >= 11 is 0. The lowest BCUT2D eigenvalue weighted by atomic mass is 9.86. The Bertz CT molecular complexity index is 713. The van der Waals surface area contributed by atoms with Gasteiger partial charge in [0.25, 0.3) is 0 Å². The second-order valence-corrected chi connectivity index (χ2v) is 7.73. The molecule has 0 aliphatic carbocycles. The molecule has 6 heteroatoms. The molecule has 2 aromatic heterocycles. The average Bonchev–Trinajstić information content (AvgIpc) is 2.62. The number of alkyl halides is 3. The summed E-state index contributed by atoms with van der Waals surface area (Å²) in [6, 6.07) is 1.20. The van der Waals surface area contributed by atoms with Crippen molar-refractivity contribution in [1.82, 2.24) is 14.8 Å². The van der Waals surface area contributed by atoms with Crippen molar-refractivity contribution < 1.29 is 13.2 Å². The van der Waals surface area contributed by atoms with E-state index in [1.165, 1.54) is 6.07 Å². The summed E-state index contributed by atoms with van der Waals surface area (Å²) in [6.45, 7) is 11.0. The number of pyridine rings is 1. The fourth-order valence-corrected chi connectivity index (χ4v) is 2.52. The fourth-order valence-electron chi connectivity index (χ4n) is 2.52. The van der Waals surface area contributed by atoms with Crippen molar-refractivity contribution in [3.63, 3.8) is 0 Å². The molecule has 122 valence electrons. The largest absolute Gasteiger partial charge is 0.418 e. The third-order valence-electron chi connectivity index (χ3n) is 3.54. The molecule has 0 aromatic carbocycles. The zero-order chi connectivity index (χ0) is 17.1. The standard InChI is InChI=1S/C16H22F3N3/c1-14(2,3)11-9-8-10(16(17,18)19)12(15(4,5)6)20-13(9)22(7)21-11/h8H,1-7H3. The lowest BCUT2D eigenvalue weighted by molar-refractivity contribution is -0.138. The number of nitrogens with zero attached hydrogens (tertiary/aromatic N) is 3. The Hall–Kier alpha value is -1.59. The molecule has 0 bridgehead atoms. The molecular weight excluding hydrogens is 291 g/mol. The summed E-state index contributed by atoms with van der Waals surface area (Å²) in [6.07, 6.45) is -4.44. The molecule has 0 atom stereocenters. The van der Waals surface area contributed by atoms with Crippen molar-refractivity contribution in [2.75, 3.05) is 0 Å². The summed E-state index contributed by atoms with van der Waals surface area (Å²) < 4.78 is 42.0. The monoisotopic (exact) mass is 313 g/mol. The highest BCUT2D eigenvalue weighted by molar-refractivity contribution is 5.81. The van der Waals surface area contributed by atoms with E-state index in [9.17, 15) is 13.2 Å². The van der Waals surface area contributed by atoms with Gasteiger partial charge in [-0.25, -0.2) is 4.98 Å². The van der Waals surface area contributed by atoms with E-state index < -0.39 is 17.2 Å². The summed E-state index contributed by atoms with van der Waals surface area (Å²) in [5.74, 6) is 0. The van der Waals surface area contributed by atoms with Crippen LogP contribution < -0.4 is 0 Å². The molecule has 22 heavy (non-hydrogen) atoms. The van der Waals surface area contributed by atoms with Crippen LogP contribution in [0.15, 0.2) is 6.07 Å². The van der Waals surface area contributed by atoms with Gasteiger partial charge < -0.3 is 0 Å². The maximum Gasteiger partial charge on any atom is 0.418 e. The first kappa shape index (κ1) is 16.8. The summed E-state index contributed by atoms with van der Waals surface area (Å²) in [5, 5.41) is 4.86. The van der Waals surface area contributed by atoms with Crippen LogP contribution in [-0.4, -0.2) is 14.8 Å². The Balaban J connectivity index is 2.92. The van der Waals surface area contributed by atoms with E-state index in [1.807, 2.05) is 20.8 Å². The minimum Gasteiger partial charge on any atom is -0.250 e. The van der Waals surface area contributed by atoms with Gasteiger partial charge in [-0.15, -0.1) is 0 Å². The maximum absolute atomic E-state index is 13.5. The first-order chi connectivity index (χ1) is 9.73. The van der Waals surface area contributed by atoms with Crippen LogP contribution in [-0.2, 0) is 24.1 Å². The molecule has 0 unspecified atom stereocenters. The lowest BCUT2D eigenvalue weighted by Crippen LogP contribution is -2.22. The van der Waals surface area contributed by atoms with Gasteiger partial charge in [-0.1, -0.05) is 41.5 Å². The maximum atomic E-state index is 13.5. The van der Waals surface area contributed by atoms with E-state index in [-0.39, 0.29) is 11.1 Å². The summed E-state index contributed by atoms with van der Waals surface area (Å²) in [4.78, 5) is 4.33. The number of halogens is 3. The van der Waals surface area contributed by atoms with Crippen LogP contribution in [0, 0.1) is 0 Å². The fraction of sp³-hybridized carbons (Fsp3) is 0.625. The Labute approximate surface area is 128 Å². The predicted octanol–water partition coefficient (Wildman–Crippen LogP) is 4.58. The molecule has 0 saturated heterocycles. The number of aromatic nitrogens is 3. The third kappa shape index (κ3) is 2.83. The molecule has 0 N–H and O–H groups in total. The molecule has 0 aliphatic rings. The second kappa shape index (κ2) is 4.70. The minimum atomic E-state index is -4.44. The highest BCUT2D eigenvalue weighted by Crippen LogP contribution is 2.39. The Morgan fingerprint density at radius 2 is 1.41 bits per heavy atom. The zero-order valence-corrected chi connectivity index (χ0v) is 14.1. The number of aryl methyl sites for hydroxylation is 1. The van der Waals surface area contributed by atoms with E-state index >= 15 is 0 Å². The van der Waals surface area contributed by atoms with E-state index in [1.54, 1.807) is 32.5 Å². The Morgan fingerprint density at radius 1 is 0.909 bits per heavy atom. The van der Waals surface area contributed by atoms with Gasteiger partial charge in [-0.3, -0.25) is 4.68 Å². The topological polar surface area (TPSA) is 30.7 Å². The molecule has 2 rings (SSSR count). The Morgan fingerprint density at radius 3 is 1.82 bits per heavy atom. The zero-order valence-electron chi connectivity index (χ0n) is 14.1. The first-order valence-corrected chi connectivity index (χ1v) is 7.19. The van der Waals surface area contributed by atoms with Crippen molar-refractivity contribution >= 4 is 11.0 Å². The SMILES string of the molecule is Cn1nc(C(C)(C)C)c2cc(C(F)(F)F)c(C(C)(C)C)nc21. The van der Waals surface area contributed by atoms with Crippen LogP contribution in [0.5, 0.6) is 0 Å². The van der Waals surface area contributed by atoms with Crippen molar-refractivity contribution in [2.24, 2.45) is 7.05 Å². The first-order valence-electron chi connectivity index (χ1n) is 7.19. The van der Waals surface area contributed by atoms with Crippen molar-refractivity contribution in [3.05, 3.63) is 23.0 Å². The Kier molecular flexibility index (Phi) is 3.58. The number of hydrogen-bond donors (Lipinski definition) is 0. The van der Waals surface area contributed by atoms with Gasteiger partial charge in [-0.2, -0.15) is 18.3 Å². The van der Waals surface area contributed by atoms with Gasteiger partial charge in [0.1, 0.15) is 0 Å². The number of rotatable bonds is 0. The predicted molar refractivity (Wildman–Crippen MR) is 80.9 cm³/mol. The quantitative estimate of drug-likeness (QED) is 0.712. The van der Waals surface area contributed by atoms with Gasteiger partial charge in [0.05, 0.1) is 17.0 Å². The van der Waals surface area contributed by atoms with E-state index in [2.05, 4.69) is 10.1 Å². The summed E-state index contributed by atoms with van der Waals surface area (Å²) in [7, 11) is 1.71. The third-order valence-corrected chi connectivity index (χ3v) is 3.54. The van der Waals surface area contributed by atoms with E-state index in [0.29, 0.717) is 16.7 Å². The van der Waals surface area contributed by atoms with Crippen molar-refractivity contribution in [1.29, 1.82) is 0 Å². The van der Waals surface area contributed by atoms with Crippen LogP contribution in [0.4, 0.5) is 13.2 Å². The van der Waals surface area contributed by atoms with Gasteiger partial charge in [0.15, 0.2) is 5.65 Å². The van der Waals surface area contributed by atoms with Crippen molar-refractivity contribution in [3.8, 4) is 0 Å². The van der Waals surface area contributed by atoms with E-state index in [0.717, 1.165) is 0 Å². The molecule has 0 fully saturated rings. The molecule has 0 aliphatic heterocycles.